The number of benzene rings is 1. The van der Waals surface area contributed by atoms with Crippen molar-refractivity contribution in [2.75, 3.05) is 34.3 Å². The van der Waals surface area contributed by atoms with E-state index in [4.69, 9.17) is 21.1 Å². The Morgan fingerprint density at radius 3 is 2.78 bits per heavy atom. The van der Waals surface area contributed by atoms with E-state index in [2.05, 4.69) is 24.3 Å². The molecule has 126 valence electrons. The van der Waals surface area contributed by atoms with Crippen molar-refractivity contribution in [3.8, 4) is 11.5 Å². The van der Waals surface area contributed by atoms with Crippen molar-refractivity contribution in [3.05, 3.63) is 45.1 Å². The van der Waals surface area contributed by atoms with Gasteiger partial charge in [-0.2, -0.15) is 0 Å². The van der Waals surface area contributed by atoms with Gasteiger partial charge >= 0.3 is 0 Å². The number of nitrogens with one attached hydrogen (secondary N) is 1. The molecule has 0 amide bonds. The number of likely N-dealkylation sites (N-methyl/N-ethyl adjacent to an activating group) is 1. The minimum Gasteiger partial charge on any atom is -0.493 e. The second-order valence-electron chi connectivity index (χ2n) is 5.46. The molecule has 0 saturated heterocycles. The van der Waals surface area contributed by atoms with Crippen LogP contribution in [0, 0.1) is 0 Å². The second kappa shape index (κ2) is 9.13. The molecule has 0 aliphatic carbocycles. The standard InChI is InChI=1S/C17H23ClN2O2S/c1-20(2)7-6-19-11-13-9-15(18)17(16(10-13)21-3)22-12-14-5-4-8-23-14/h4-5,8-10,19H,6-7,11-12H2,1-3H3. The number of hydrogen-bond donors (Lipinski definition) is 1. The van der Waals surface area contributed by atoms with Gasteiger partial charge < -0.3 is 19.7 Å². The van der Waals surface area contributed by atoms with Gasteiger partial charge in [-0.15, -0.1) is 11.3 Å². The van der Waals surface area contributed by atoms with Crippen LogP contribution in [-0.4, -0.2) is 39.2 Å². The van der Waals surface area contributed by atoms with E-state index in [1.54, 1.807) is 18.4 Å². The smallest absolute Gasteiger partial charge is 0.180 e. The summed E-state index contributed by atoms with van der Waals surface area (Å²) in [5.41, 5.74) is 1.08. The van der Waals surface area contributed by atoms with E-state index >= 15 is 0 Å². The molecule has 0 saturated carbocycles. The third-order valence-electron chi connectivity index (χ3n) is 3.29. The first-order valence-corrected chi connectivity index (χ1v) is 8.73. The van der Waals surface area contributed by atoms with Crippen LogP contribution >= 0.6 is 22.9 Å². The zero-order valence-electron chi connectivity index (χ0n) is 13.8. The van der Waals surface area contributed by atoms with Crippen molar-refractivity contribution >= 4 is 22.9 Å². The molecule has 2 aromatic rings. The minimum atomic E-state index is 0.494. The molecule has 1 heterocycles. The maximum atomic E-state index is 6.38. The van der Waals surface area contributed by atoms with Gasteiger partial charge in [0.15, 0.2) is 11.5 Å². The number of methoxy groups -OCH3 is 1. The number of ether oxygens (including phenoxy) is 2. The quantitative estimate of drug-likeness (QED) is 0.697. The topological polar surface area (TPSA) is 33.7 Å². The van der Waals surface area contributed by atoms with E-state index < -0.39 is 0 Å². The van der Waals surface area contributed by atoms with E-state index in [0.29, 0.717) is 23.1 Å². The highest BCUT2D eigenvalue weighted by atomic mass is 35.5. The van der Waals surface area contributed by atoms with Gasteiger partial charge in [-0.05, 0) is 43.2 Å². The lowest BCUT2D eigenvalue weighted by atomic mass is 10.2. The van der Waals surface area contributed by atoms with Crippen molar-refractivity contribution in [1.29, 1.82) is 0 Å². The molecular formula is C17H23ClN2O2S. The Balaban J connectivity index is 1.99. The first kappa shape index (κ1) is 18.1. The third kappa shape index (κ3) is 5.70. The molecule has 4 nitrogen and oxygen atoms in total. The third-order valence-corrected chi connectivity index (χ3v) is 4.42. The molecule has 1 aromatic heterocycles. The molecule has 0 radical (unpaired) electrons. The Morgan fingerprint density at radius 2 is 2.13 bits per heavy atom. The van der Waals surface area contributed by atoms with Crippen molar-refractivity contribution in [2.45, 2.75) is 13.2 Å². The molecule has 1 aromatic carbocycles. The molecule has 2 rings (SSSR count). The average molecular weight is 355 g/mol. The zero-order valence-corrected chi connectivity index (χ0v) is 15.3. The van der Waals surface area contributed by atoms with Gasteiger partial charge in [-0.1, -0.05) is 17.7 Å². The Labute approximate surface area is 147 Å². The zero-order chi connectivity index (χ0) is 16.7. The molecule has 23 heavy (non-hydrogen) atoms. The minimum absolute atomic E-state index is 0.494. The van der Waals surface area contributed by atoms with Crippen LogP contribution in [-0.2, 0) is 13.2 Å². The van der Waals surface area contributed by atoms with Crippen LogP contribution in [0.15, 0.2) is 29.6 Å². The van der Waals surface area contributed by atoms with Gasteiger partial charge in [0.05, 0.1) is 12.1 Å². The summed E-state index contributed by atoms with van der Waals surface area (Å²) in [6.45, 7) is 3.15. The Kier molecular flexibility index (Phi) is 7.17. The lowest BCUT2D eigenvalue weighted by Crippen LogP contribution is -2.26. The lowest BCUT2D eigenvalue weighted by Gasteiger charge is -2.15. The molecule has 0 aliphatic heterocycles. The largest absolute Gasteiger partial charge is 0.493 e. The fourth-order valence-electron chi connectivity index (χ4n) is 2.09. The molecule has 0 fully saturated rings. The highest BCUT2D eigenvalue weighted by Crippen LogP contribution is 2.37. The first-order chi connectivity index (χ1) is 11.1. The summed E-state index contributed by atoms with van der Waals surface area (Å²) in [6, 6.07) is 7.94. The number of rotatable bonds is 9. The molecule has 0 atom stereocenters. The van der Waals surface area contributed by atoms with Crippen LogP contribution in [0.25, 0.3) is 0 Å². The Bertz CT molecular complexity index is 603. The summed E-state index contributed by atoms with van der Waals surface area (Å²) in [4.78, 5) is 3.29. The molecule has 1 N–H and O–H groups in total. The molecular weight excluding hydrogens is 332 g/mol. The van der Waals surface area contributed by atoms with Crippen molar-refractivity contribution < 1.29 is 9.47 Å². The van der Waals surface area contributed by atoms with Crippen LogP contribution < -0.4 is 14.8 Å². The van der Waals surface area contributed by atoms with Gasteiger partial charge in [-0.3, -0.25) is 0 Å². The van der Waals surface area contributed by atoms with Crippen LogP contribution in [0.3, 0.4) is 0 Å². The van der Waals surface area contributed by atoms with E-state index in [1.807, 2.05) is 29.6 Å². The first-order valence-electron chi connectivity index (χ1n) is 7.47. The molecule has 0 spiro atoms. The summed E-state index contributed by atoms with van der Waals surface area (Å²) in [5.74, 6) is 1.26. The Morgan fingerprint density at radius 1 is 1.30 bits per heavy atom. The fraction of sp³-hybridized carbons (Fsp3) is 0.412. The summed E-state index contributed by atoms with van der Waals surface area (Å²) in [7, 11) is 5.75. The summed E-state index contributed by atoms with van der Waals surface area (Å²) in [5, 5.41) is 5.99. The molecule has 0 bridgehead atoms. The van der Waals surface area contributed by atoms with E-state index in [9.17, 15) is 0 Å². The molecule has 0 unspecified atom stereocenters. The Hall–Kier alpha value is -1.27. The van der Waals surface area contributed by atoms with Crippen molar-refractivity contribution in [1.82, 2.24) is 10.2 Å². The van der Waals surface area contributed by atoms with E-state index in [1.165, 1.54) is 0 Å². The summed E-state index contributed by atoms with van der Waals surface area (Å²) in [6.07, 6.45) is 0. The highest BCUT2D eigenvalue weighted by Gasteiger charge is 2.12. The average Bonchev–Trinajstić information content (AvgIpc) is 3.03. The summed E-state index contributed by atoms with van der Waals surface area (Å²) < 4.78 is 11.3. The van der Waals surface area contributed by atoms with Gasteiger partial charge in [0, 0.05) is 24.5 Å². The lowest BCUT2D eigenvalue weighted by molar-refractivity contribution is 0.287. The normalized spacial score (nSPS) is 11.0. The van der Waals surface area contributed by atoms with E-state index in [0.717, 1.165) is 30.1 Å². The van der Waals surface area contributed by atoms with Crippen molar-refractivity contribution in [3.63, 3.8) is 0 Å². The number of thiophene rings is 1. The second-order valence-corrected chi connectivity index (χ2v) is 6.90. The van der Waals surface area contributed by atoms with Gasteiger partial charge in [0.25, 0.3) is 0 Å². The van der Waals surface area contributed by atoms with Crippen LogP contribution in [0.1, 0.15) is 10.4 Å². The van der Waals surface area contributed by atoms with Crippen LogP contribution in [0.4, 0.5) is 0 Å². The van der Waals surface area contributed by atoms with Crippen LogP contribution in [0.5, 0.6) is 11.5 Å². The molecule has 6 heteroatoms. The SMILES string of the molecule is COc1cc(CNCCN(C)C)cc(Cl)c1OCc1cccs1. The van der Waals surface area contributed by atoms with Crippen LogP contribution in [0.2, 0.25) is 5.02 Å². The molecule has 0 aliphatic rings. The summed E-state index contributed by atoms with van der Waals surface area (Å²) >= 11 is 8.04. The number of nitrogens with zero attached hydrogens (tertiary/aromatic N) is 1. The highest BCUT2D eigenvalue weighted by molar-refractivity contribution is 7.09. The maximum Gasteiger partial charge on any atom is 0.180 e. The maximum absolute atomic E-state index is 6.38. The van der Waals surface area contributed by atoms with Gasteiger partial charge in [-0.25, -0.2) is 0 Å². The van der Waals surface area contributed by atoms with Gasteiger partial charge in [0.1, 0.15) is 6.61 Å². The monoisotopic (exact) mass is 354 g/mol. The predicted molar refractivity (Wildman–Crippen MR) is 96.9 cm³/mol. The van der Waals surface area contributed by atoms with Crippen molar-refractivity contribution in [2.24, 2.45) is 0 Å². The number of halogens is 1. The van der Waals surface area contributed by atoms with E-state index in [-0.39, 0.29) is 0 Å². The van der Waals surface area contributed by atoms with Gasteiger partial charge in [0.2, 0.25) is 0 Å². The predicted octanol–water partition coefficient (Wildman–Crippen LogP) is 3.64. The fourth-order valence-corrected chi connectivity index (χ4v) is 2.99. The number of hydrogen-bond acceptors (Lipinski definition) is 5.